The highest BCUT2D eigenvalue weighted by atomic mass is 35.5. The van der Waals surface area contributed by atoms with Crippen LogP contribution in [-0.2, 0) is 0 Å². The first-order valence-electron chi connectivity index (χ1n) is 5.64. The van der Waals surface area contributed by atoms with Crippen LogP contribution in [0.1, 0.15) is 25.7 Å². The van der Waals surface area contributed by atoms with E-state index in [2.05, 4.69) is 4.98 Å². The SMILES string of the molecule is CN(CC1(O)CCCC1)c1ccncc1Cl. The number of hydrogen-bond donors (Lipinski definition) is 1. The highest BCUT2D eigenvalue weighted by Crippen LogP contribution is 2.32. The fraction of sp³-hybridized carbons (Fsp3) is 0.583. The molecule has 0 aliphatic heterocycles. The molecule has 1 fully saturated rings. The van der Waals surface area contributed by atoms with Crippen LogP contribution in [0.2, 0.25) is 5.02 Å². The second kappa shape index (κ2) is 4.60. The zero-order valence-corrected chi connectivity index (χ0v) is 10.2. The Morgan fingerprint density at radius 2 is 2.19 bits per heavy atom. The zero-order valence-electron chi connectivity index (χ0n) is 9.49. The average Bonchev–Trinajstić information content (AvgIpc) is 2.65. The number of rotatable bonds is 3. The maximum Gasteiger partial charge on any atom is 0.0822 e. The van der Waals surface area contributed by atoms with Crippen molar-refractivity contribution < 1.29 is 5.11 Å². The van der Waals surface area contributed by atoms with Gasteiger partial charge in [-0.2, -0.15) is 0 Å². The molecule has 0 aromatic carbocycles. The molecule has 1 aliphatic rings. The first kappa shape index (κ1) is 11.7. The van der Waals surface area contributed by atoms with Gasteiger partial charge in [0, 0.05) is 26.0 Å². The average molecular weight is 241 g/mol. The molecule has 88 valence electrons. The number of nitrogens with zero attached hydrogens (tertiary/aromatic N) is 2. The van der Waals surface area contributed by atoms with E-state index in [0.29, 0.717) is 11.6 Å². The lowest BCUT2D eigenvalue weighted by atomic mass is 10.0. The van der Waals surface area contributed by atoms with E-state index in [4.69, 9.17) is 11.6 Å². The van der Waals surface area contributed by atoms with Crippen molar-refractivity contribution in [2.75, 3.05) is 18.5 Å². The van der Waals surface area contributed by atoms with Crippen LogP contribution < -0.4 is 4.90 Å². The predicted octanol–water partition coefficient (Wildman–Crippen LogP) is 2.48. The number of aromatic nitrogens is 1. The predicted molar refractivity (Wildman–Crippen MR) is 65.9 cm³/mol. The molecule has 1 N–H and O–H groups in total. The van der Waals surface area contributed by atoms with Crippen molar-refractivity contribution in [3.05, 3.63) is 23.5 Å². The highest BCUT2D eigenvalue weighted by Gasteiger charge is 2.32. The van der Waals surface area contributed by atoms with Crippen molar-refractivity contribution in [2.45, 2.75) is 31.3 Å². The number of pyridine rings is 1. The number of aliphatic hydroxyl groups is 1. The first-order chi connectivity index (χ1) is 7.61. The van der Waals surface area contributed by atoms with Crippen molar-refractivity contribution in [1.29, 1.82) is 0 Å². The van der Waals surface area contributed by atoms with E-state index in [1.54, 1.807) is 12.4 Å². The smallest absolute Gasteiger partial charge is 0.0822 e. The van der Waals surface area contributed by atoms with E-state index in [0.717, 1.165) is 31.4 Å². The number of anilines is 1. The van der Waals surface area contributed by atoms with E-state index < -0.39 is 5.60 Å². The minimum Gasteiger partial charge on any atom is -0.388 e. The van der Waals surface area contributed by atoms with Crippen molar-refractivity contribution in [2.24, 2.45) is 0 Å². The summed E-state index contributed by atoms with van der Waals surface area (Å²) in [7, 11) is 1.96. The van der Waals surface area contributed by atoms with Gasteiger partial charge in [-0.25, -0.2) is 0 Å². The second-order valence-corrected chi connectivity index (χ2v) is 5.02. The molecule has 3 nitrogen and oxygen atoms in total. The van der Waals surface area contributed by atoms with Crippen LogP contribution in [-0.4, -0.2) is 29.3 Å². The summed E-state index contributed by atoms with van der Waals surface area (Å²) in [5, 5.41) is 10.9. The lowest BCUT2D eigenvalue weighted by Gasteiger charge is -2.30. The molecule has 16 heavy (non-hydrogen) atoms. The molecule has 0 radical (unpaired) electrons. The second-order valence-electron chi connectivity index (χ2n) is 4.61. The fourth-order valence-electron chi connectivity index (χ4n) is 2.40. The van der Waals surface area contributed by atoms with Crippen LogP contribution in [0.15, 0.2) is 18.5 Å². The van der Waals surface area contributed by atoms with Gasteiger partial charge in [0.15, 0.2) is 0 Å². The molecule has 0 bridgehead atoms. The van der Waals surface area contributed by atoms with Crippen LogP contribution in [0.4, 0.5) is 5.69 Å². The Hall–Kier alpha value is -0.800. The minimum atomic E-state index is -0.540. The lowest BCUT2D eigenvalue weighted by molar-refractivity contribution is 0.0559. The Bertz CT molecular complexity index is 364. The molecule has 1 aliphatic carbocycles. The van der Waals surface area contributed by atoms with Gasteiger partial charge in [-0.05, 0) is 18.9 Å². The Balaban J connectivity index is 2.08. The molecule has 0 unspecified atom stereocenters. The third kappa shape index (κ3) is 2.47. The van der Waals surface area contributed by atoms with E-state index >= 15 is 0 Å². The molecule has 1 heterocycles. The van der Waals surface area contributed by atoms with Crippen molar-refractivity contribution in [1.82, 2.24) is 4.98 Å². The summed E-state index contributed by atoms with van der Waals surface area (Å²) in [5.41, 5.74) is 0.387. The number of halogens is 1. The van der Waals surface area contributed by atoms with Gasteiger partial charge < -0.3 is 10.0 Å². The summed E-state index contributed by atoms with van der Waals surface area (Å²) in [6.07, 6.45) is 7.37. The van der Waals surface area contributed by atoms with Gasteiger partial charge in [0.2, 0.25) is 0 Å². The number of hydrogen-bond acceptors (Lipinski definition) is 3. The summed E-state index contributed by atoms with van der Waals surface area (Å²) in [4.78, 5) is 5.96. The van der Waals surface area contributed by atoms with Crippen molar-refractivity contribution in [3.8, 4) is 0 Å². The minimum absolute atomic E-state index is 0.540. The van der Waals surface area contributed by atoms with Gasteiger partial charge in [0.1, 0.15) is 0 Å². The summed E-state index contributed by atoms with van der Waals surface area (Å²) in [6, 6.07) is 1.88. The van der Waals surface area contributed by atoms with Crippen molar-refractivity contribution >= 4 is 17.3 Å². The quantitative estimate of drug-likeness (QED) is 0.882. The van der Waals surface area contributed by atoms with Crippen LogP contribution in [0.5, 0.6) is 0 Å². The van der Waals surface area contributed by atoms with Gasteiger partial charge in [-0.1, -0.05) is 24.4 Å². The largest absolute Gasteiger partial charge is 0.388 e. The van der Waals surface area contributed by atoms with E-state index in [-0.39, 0.29) is 0 Å². The molecular formula is C12H17ClN2O. The molecule has 1 saturated carbocycles. The topological polar surface area (TPSA) is 36.4 Å². The monoisotopic (exact) mass is 240 g/mol. The molecule has 0 amide bonds. The van der Waals surface area contributed by atoms with Gasteiger partial charge in [0.25, 0.3) is 0 Å². The summed E-state index contributed by atoms with van der Waals surface area (Å²) < 4.78 is 0. The van der Waals surface area contributed by atoms with Gasteiger partial charge >= 0.3 is 0 Å². The summed E-state index contributed by atoms with van der Waals surface area (Å²) >= 11 is 6.06. The van der Waals surface area contributed by atoms with Gasteiger partial charge in [-0.3, -0.25) is 4.98 Å². The Morgan fingerprint density at radius 1 is 1.50 bits per heavy atom. The highest BCUT2D eigenvalue weighted by molar-refractivity contribution is 6.33. The lowest BCUT2D eigenvalue weighted by Crippen LogP contribution is -2.39. The van der Waals surface area contributed by atoms with E-state index in [1.807, 2.05) is 18.0 Å². The zero-order chi connectivity index (χ0) is 11.6. The summed E-state index contributed by atoms with van der Waals surface area (Å²) in [5.74, 6) is 0. The van der Waals surface area contributed by atoms with Crippen LogP contribution in [0.3, 0.4) is 0 Å². The molecule has 1 aromatic heterocycles. The maximum absolute atomic E-state index is 10.3. The molecule has 2 rings (SSSR count). The first-order valence-corrected chi connectivity index (χ1v) is 6.02. The van der Waals surface area contributed by atoms with Gasteiger partial charge in [-0.15, -0.1) is 0 Å². The van der Waals surface area contributed by atoms with E-state index in [9.17, 15) is 5.11 Å². The molecule has 0 atom stereocenters. The molecular weight excluding hydrogens is 224 g/mol. The van der Waals surface area contributed by atoms with Gasteiger partial charge in [0.05, 0.1) is 16.3 Å². The number of likely N-dealkylation sites (N-methyl/N-ethyl adjacent to an activating group) is 1. The summed E-state index contributed by atoms with van der Waals surface area (Å²) in [6.45, 7) is 0.636. The third-order valence-corrected chi connectivity index (χ3v) is 3.52. The van der Waals surface area contributed by atoms with Crippen LogP contribution in [0, 0.1) is 0 Å². The maximum atomic E-state index is 10.3. The molecule has 0 spiro atoms. The van der Waals surface area contributed by atoms with Crippen molar-refractivity contribution in [3.63, 3.8) is 0 Å². The van der Waals surface area contributed by atoms with Crippen LogP contribution >= 0.6 is 11.6 Å². The fourth-order valence-corrected chi connectivity index (χ4v) is 2.66. The van der Waals surface area contributed by atoms with Crippen LogP contribution in [0.25, 0.3) is 0 Å². The normalized spacial score (nSPS) is 18.7. The van der Waals surface area contributed by atoms with E-state index in [1.165, 1.54) is 0 Å². The third-order valence-electron chi connectivity index (χ3n) is 3.23. The molecule has 0 saturated heterocycles. The standard InChI is InChI=1S/C12H17ClN2O/c1-15(9-12(16)5-2-3-6-12)11-4-7-14-8-10(11)13/h4,7-8,16H,2-3,5-6,9H2,1H3. The Labute approximate surface area is 101 Å². The Kier molecular flexibility index (Phi) is 3.36. The molecule has 4 heteroatoms. The Morgan fingerprint density at radius 3 is 2.81 bits per heavy atom. The molecule has 1 aromatic rings.